The minimum atomic E-state index is -0.297. The molecule has 0 saturated heterocycles. The van der Waals surface area contributed by atoms with E-state index < -0.39 is 0 Å². The van der Waals surface area contributed by atoms with E-state index in [2.05, 4.69) is 48.5 Å². The molecule has 2 aromatic rings. The SMILES string of the molecule is CC(C)(C)C(=O)Cc1ccc(Cc2ccc(CC(=O)C(C)(C)C)cc2)cc1. The molecular weight excluding hydrogens is 332 g/mol. The molecule has 0 aliphatic heterocycles. The molecule has 0 aliphatic carbocycles. The summed E-state index contributed by atoms with van der Waals surface area (Å²) >= 11 is 0. The maximum absolute atomic E-state index is 12.2. The van der Waals surface area contributed by atoms with Crippen LogP contribution in [0.2, 0.25) is 0 Å². The summed E-state index contributed by atoms with van der Waals surface area (Å²) in [5.74, 6) is 0.520. The number of hydrogen-bond acceptors (Lipinski definition) is 2. The van der Waals surface area contributed by atoms with Crippen molar-refractivity contribution in [2.45, 2.75) is 60.8 Å². The fourth-order valence-electron chi connectivity index (χ4n) is 2.69. The first-order valence-electron chi connectivity index (χ1n) is 9.67. The van der Waals surface area contributed by atoms with Gasteiger partial charge in [0.25, 0.3) is 0 Å². The second-order valence-corrected chi connectivity index (χ2v) is 9.51. The topological polar surface area (TPSA) is 34.1 Å². The lowest BCUT2D eigenvalue weighted by Gasteiger charge is -2.16. The Kier molecular flexibility index (Phi) is 6.41. The number of Topliss-reactive ketones (excluding diaryl/α,β-unsaturated/α-hetero) is 2. The zero-order valence-electron chi connectivity index (χ0n) is 17.6. The van der Waals surface area contributed by atoms with Gasteiger partial charge in [0.1, 0.15) is 11.6 Å². The molecule has 0 unspecified atom stereocenters. The normalized spacial score (nSPS) is 12.1. The number of carbonyl (C=O) groups is 2. The maximum Gasteiger partial charge on any atom is 0.142 e. The highest BCUT2D eigenvalue weighted by Crippen LogP contribution is 2.20. The van der Waals surface area contributed by atoms with Gasteiger partial charge < -0.3 is 0 Å². The Labute approximate surface area is 164 Å². The standard InChI is InChI=1S/C25H32O2/c1-24(2,3)22(26)16-20-11-7-18(8-12-20)15-19-9-13-21(14-10-19)17-23(27)25(4,5)6/h7-14H,15-17H2,1-6H3. The Morgan fingerprint density at radius 3 is 1.07 bits per heavy atom. The van der Waals surface area contributed by atoms with Gasteiger partial charge in [-0.15, -0.1) is 0 Å². The van der Waals surface area contributed by atoms with E-state index in [1.54, 1.807) is 0 Å². The Bertz CT molecular complexity index is 713. The van der Waals surface area contributed by atoms with Crippen molar-refractivity contribution in [1.82, 2.24) is 0 Å². The van der Waals surface area contributed by atoms with E-state index in [4.69, 9.17) is 0 Å². The van der Waals surface area contributed by atoms with Crippen LogP contribution in [0.4, 0.5) is 0 Å². The molecule has 2 heteroatoms. The van der Waals surface area contributed by atoms with Crippen LogP contribution in [0, 0.1) is 10.8 Å². The van der Waals surface area contributed by atoms with Crippen LogP contribution in [-0.2, 0) is 28.9 Å². The lowest BCUT2D eigenvalue weighted by Crippen LogP contribution is -2.22. The van der Waals surface area contributed by atoms with E-state index in [9.17, 15) is 9.59 Å². The van der Waals surface area contributed by atoms with E-state index in [1.165, 1.54) is 11.1 Å². The average Bonchev–Trinajstić information content (AvgIpc) is 2.56. The molecular formula is C25H32O2. The molecule has 144 valence electrons. The summed E-state index contributed by atoms with van der Waals surface area (Å²) in [4.78, 5) is 24.3. The van der Waals surface area contributed by atoms with Gasteiger partial charge in [-0.05, 0) is 28.7 Å². The first kappa shape index (κ1) is 21.1. The highest BCUT2D eigenvalue weighted by molar-refractivity contribution is 5.86. The second-order valence-electron chi connectivity index (χ2n) is 9.51. The fraction of sp³-hybridized carbons (Fsp3) is 0.440. The Hall–Kier alpha value is -2.22. The van der Waals surface area contributed by atoms with Crippen LogP contribution in [0.1, 0.15) is 63.8 Å². The first-order valence-corrected chi connectivity index (χ1v) is 9.67. The monoisotopic (exact) mass is 364 g/mol. The summed E-state index contributed by atoms with van der Waals surface area (Å²) in [6, 6.07) is 16.6. The lowest BCUT2D eigenvalue weighted by atomic mass is 9.86. The average molecular weight is 365 g/mol. The molecule has 27 heavy (non-hydrogen) atoms. The molecule has 0 atom stereocenters. The molecule has 0 spiro atoms. The predicted molar refractivity (Wildman–Crippen MR) is 112 cm³/mol. The quantitative estimate of drug-likeness (QED) is 0.669. The number of hydrogen-bond donors (Lipinski definition) is 0. The van der Waals surface area contributed by atoms with E-state index in [0.717, 1.165) is 17.5 Å². The molecule has 0 fully saturated rings. The van der Waals surface area contributed by atoms with Gasteiger partial charge in [0.05, 0.1) is 0 Å². The Morgan fingerprint density at radius 2 is 0.815 bits per heavy atom. The Morgan fingerprint density at radius 1 is 0.556 bits per heavy atom. The number of ketones is 2. The molecule has 0 aromatic heterocycles. The van der Waals surface area contributed by atoms with Gasteiger partial charge in [-0.25, -0.2) is 0 Å². The van der Waals surface area contributed by atoms with Gasteiger partial charge in [-0.3, -0.25) is 9.59 Å². The third-order valence-corrected chi connectivity index (χ3v) is 4.86. The molecule has 0 saturated carbocycles. The predicted octanol–water partition coefficient (Wildman–Crippen LogP) is 5.59. The number of carbonyl (C=O) groups excluding carboxylic acids is 2. The highest BCUT2D eigenvalue weighted by Gasteiger charge is 2.21. The van der Waals surface area contributed by atoms with Crippen molar-refractivity contribution < 1.29 is 9.59 Å². The summed E-state index contributed by atoms with van der Waals surface area (Å²) in [6.45, 7) is 11.8. The van der Waals surface area contributed by atoms with Crippen molar-refractivity contribution in [1.29, 1.82) is 0 Å². The minimum absolute atomic E-state index is 0.260. The smallest absolute Gasteiger partial charge is 0.142 e. The minimum Gasteiger partial charge on any atom is -0.299 e. The zero-order chi connectivity index (χ0) is 20.2. The van der Waals surface area contributed by atoms with Gasteiger partial charge >= 0.3 is 0 Å². The molecule has 0 N–H and O–H groups in total. The van der Waals surface area contributed by atoms with E-state index in [-0.39, 0.29) is 22.4 Å². The molecule has 0 radical (unpaired) electrons. The molecule has 0 bridgehead atoms. The van der Waals surface area contributed by atoms with Crippen LogP contribution in [0.5, 0.6) is 0 Å². The molecule has 0 aliphatic rings. The molecule has 2 nitrogen and oxygen atoms in total. The van der Waals surface area contributed by atoms with Crippen LogP contribution < -0.4 is 0 Å². The van der Waals surface area contributed by atoms with Crippen LogP contribution in [-0.4, -0.2) is 11.6 Å². The Balaban J connectivity index is 1.97. The lowest BCUT2D eigenvalue weighted by molar-refractivity contribution is -0.126. The molecule has 2 aromatic carbocycles. The van der Waals surface area contributed by atoms with Gasteiger partial charge in [0, 0.05) is 23.7 Å². The highest BCUT2D eigenvalue weighted by atomic mass is 16.1. The van der Waals surface area contributed by atoms with Crippen molar-refractivity contribution in [2.75, 3.05) is 0 Å². The zero-order valence-corrected chi connectivity index (χ0v) is 17.6. The van der Waals surface area contributed by atoms with Gasteiger partial charge in [-0.1, -0.05) is 90.1 Å². The first-order chi connectivity index (χ1) is 12.4. The van der Waals surface area contributed by atoms with Crippen molar-refractivity contribution in [3.05, 3.63) is 70.8 Å². The summed E-state index contributed by atoms with van der Waals surface area (Å²) < 4.78 is 0. The molecule has 2 rings (SSSR count). The van der Waals surface area contributed by atoms with E-state index in [0.29, 0.717) is 12.8 Å². The second kappa shape index (κ2) is 8.21. The van der Waals surface area contributed by atoms with Crippen molar-refractivity contribution in [3.63, 3.8) is 0 Å². The van der Waals surface area contributed by atoms with Crippen molar-refractivity contribution in [3.8, 4) is 0 Å². The van der Waals surface area contributed by atoms with Crippen LogP contribution in [0.25, 0.3) is 0 Å². The maximum atomic E-state index is 12.2. The van der Waals surface area contributed by atoms with E-state index >= 15 is 0 Å². The van der Waals surface area contributed by atoms with Crippen LogP contribution >= 0.6 is 0 Å². The molecule has 0 amide bonds. The van der Waals surface area contributed by atoms with Crippen molar-refractivity contribution in [2.24, 2.45) is 10.8 Å². The number of benzene rings is 2. The van der Waals surface area contributed by atoms with Gasteiger partial charge in [0.15, 0.2) is 0 Å². The van der Waals surface area contributed by atoms with Gasteiger partial charge in [-0.2, -0.15) is 0 Å². The van der Waals surface area contributed by atoms with Gasteiger partial charge in [0.2, 0.25) is 0 Å². The fourth-order valence-corrected chi connectivity index (χ4v) is 2.69. The third-order valence-electron chi connectivity index (χ3n) is 4.86. The van der Waals surface area contributed by atoms with Crippen LogP contribution in [0.15, 0.2) is 48.5 Å². The van der Waals surface area contributed by atoms with E-state index in [1.807, 2.05) is 41.5 Å². The van der Waals surface area contributed by atoms with Crippen LogP contribution in [0.3, 0.4) is 0 Å². The largest absolute Gasteiger partial charge is 0.299 e. The van der Waals surface area contributed by atoms with Crippen molar-refractivity contribution >= 4 is 11.6 Å². The summed E-state index contributed by atoms with van der Waals surface area (Å²) in [5, 5.41) is 0. The third kappa shape index (κ3) is 6.46. The number of rotatable bonds is 6. The summed E-state index contributed by atoms with van der Waals surface area (Å²) in [7, 11) is 0. The molecule has 0 heterocycles. The summed E-state index contributed by atoms with van der Waals surface area (Å²) in [6.07, 6.45) is 1.82. The summed E-state index contributed by atoms with van der Waals surface area (Å²) in [5.41, 5.74) is 3.98.